The van der Waals surface area contributed by atoms with E-state index in [1.165, 1.54) is 27.7 Å². The van der Waals surface area contributed by atoms with Gasteiger partial charge in [0.25, 0.3) is 0 Å². The van der Waals surface area contributed by atoms with Gasteiger partial charge in [0, 0.05) is 20.3 Å². The molecule has 28 heavy (non-hydrogen) atoms. The summed E-state index contributed by atoms with van der Waals surface area (Å²) in [6.07, 6.45) is 4.16. The minimum absolute atomic E-state index is 0.184. The number of carbonyl (C=O) groups excluding carboxylic acids is 2. The molecular formula is C20H34O8. The predicted molar refractivity (Wildman–Crippen MR) is 102 cm³/mol. The zero-order chi connectivity index (χ0) is 21.7. The topological polar surface area (TPSA) is 127 Å². The number of carboxylic acid groups (broad SMARTS) is 2. The summed E-state index contributed by atoms with van der Waals surface area (Å²) in [5, 5.41) is 18.5. The van der Waals surface area contributed by atoms with Crippen molar-refractivity contribution in [3.05, 3.63) is 0 Å². The summed E-state index contributed by atoms with van der Waals surface area (Å²) in [6, 6.07) is 0. The average molecular weight is 402 g/mol. The van der Waals surface area contributed by atoms with Crippen LogP contribution in [-0.2, 0) is 28.7 Å². The maximum atomic E-state index is 12.1. The molecule has 0 aromatic rings. The van der Waals surface area contributed by atoms with Gasteiger partial charge in [-0.2, -0.15) is 0 Å². The average Bonchev–Trinajstić information content (AvgIpc) is 2.54. The number of hydrogen-bond donors (Lipinski definition) is 2. The first-order chi connectivity index (χ1) is 13.0. The molecule has 162 valence electrons. The van der Waals surface area contributed by atoms with Crippen molar-refractivity contribution in [1.29, 1.82) is 0 Å². The number of carboxylic acids is 2. The zero-order valence-corrected chi connectivity index (χ0v) is 17.4. The lowest BCUT2D eigenvalue weighted by Gasteiger charge is -2.38. The summed E-state index contributed by atoms with van der Waals surface area (Å²) in [7, 11) is 0. The third kappa shape index (κ3) is 9.19. The van der Waals surface area contributed by atoms with Crippen LogP contribution < -0.4 is 0 Å². The van der Waals surface area contributed by atoms with Crippen molar-refractivity contribution in [2.24, 2.45) is 5.41 Å². The van der Waals surface area contributed by atoms with E-state index in [1.807, 2.05) is 0 Å². The number of esters is 2. The number of carbonyl (C=O) groups is 4. The first-order valence-electron chi connectivity index (χ1n) is 9.83. The van der Waals surface area contributed by atoms with Crippen molar-refractivity contribution < 1.29 is 38.9 Å². The molecule has 2 atom stereocenters. The van der Waals surface area contributed by atoms with Crippen molar-refractivity contribution in [1.82, 2.24) is 0 Å². The molecule has 8 heteroatoms. The van der Waals surface area contributed by atoms with Gasteiger partial charge in [-0.3, -0.25) is 19.2 Å². The van der Waals surface area contributed by atoms with Crippen LogP contribution in [0.2, 0.25) is 0 Å². The van der Waals surface area contributed by atoms with Crippen LogP contribution in [0, 0.1) is 5.41 Å². The second-order valence-corrected chi connectivity index (χ2v) is 7.22. The fourth-order valence-electron chi connectivity index (χ4n) is 3.48. The monoisotopic (exact) mass is 402 g/mol. The van der Waals surface area contributed by atoms with E-state index in [0.717, 1.165) is 32.1 Å². The summed E-state index contributed by atoms with van der Waals surface area (Å²) >= 11 is 0. The quantitative estimate of drug-likeness (QED) is 0.314. The van der Waals surface area contributed by atoms with Crippen molar-refractivity contribution in [2.45, 2.75) is 97.7 Å². The van der Waals surface area contributed by atoms with Gasteiger partial charge in [0.1, 0.15) is 17.6 Å². The van der Waals surface area contributed by atoms with E-state index in [9.17, 15) is 24.3 Å². The van der Waals surface area contributed by atoms with Gasteiger partial charge in [-0.15, -0.1) is 0 Å². The first kappa shape index (κ1) is 25.9. The molecule has 0 aromatic carbocycles. The van der Waals surface area contributed by atoms with Crippen LogP contribution in [0.25, 0.3) is 0 Å². The molecule has 0 spiro atoms. The first-order valence-corrected chi connectivity index (χ1v) is 9.83. The van der Waals surface area contributed by atoms with E-state index in [0.29, 0.717) is 12.8 Å². The minimum atomic E-state index is -1.52. The Bertz CT molecular complexity index is 506. The molecule has 0 heterocycles. The molecule has 2 N–H and O–H groups in total. The van der Waals surface area contributed by atoms with Crippen LogP contribution in [0.4, 0.5) is 0 Å². The molecule has 0 bridgehead atoms. The Hall–Kier alpha value is -2.12. The second-order valence-electron chi connectivity index (χ2n) is 7.22. The summed E-state index contributed by atoms with van der Waals surface area (Å²) in [5.74, 6) is -3.12. The highest BCUT2D eigenvalue weighted by Crippen LogP contribution is 2.37. The maximum absolute atomic E-state index is 12.1. The van der Waals surface area contributed by atoms with Gasteiger partial charge in [-0.1, -0.05) is 38.5 Å². The highest BCUT2D eigenvalue weighted by molar-refractivity contribution is 5.78. The number of ether oxygens (including phenoxy) is 2. The molecule has 0 aliphatic heterocycles. The number of aliphatic carboxylic acids is 2. The number of unbranched alkanes of at least 4 members (excludes halogenated alkanes) is 6. The molecule has 0 fully saturated rings. The second kappa shape index (κ2) is 13.1. The molecule has 0 rings (SSSR count). The van der Waals surface area contributed by atoms with Gasteiger partial charge < -0.3 is 19.7 Å². The largest absolute Gasteiger partial charge is 0.481 e. The third-order valence-electron chi connectivity index (χ3n) is 5.02. The SMILES string of the molecule is CC(=O)OC(C)C(CCCCCCCCCC(=O)O)(C(=O)O)C(C)OC(C)=O. The Morgan fingerprint density at radius 2 is 1.14 bits per heavy atom. The van der Waals surface area contributed by atoms with Crippen molar-refractivity contribution in [2.75, 3.05) is 0 Å². The highest BCUT2D eigenvalue weighted by Gasteiger charge is 2.51. The molecule has 0 aliphatic carbocycles. The van der Waals surface area contributed by atoms with E-state index in [2.05, 4.69) is 0 Å². The number of rotatable bonds is 15. The smallest absolute Gasteiger partial charge is 0.317 e. The van der Waals surface area contributed by atoms with Crippen LogP contribution in [0.15, 0.2) is 0 Å². The van der Waals surface area contributed by atoms with Crippen LogP contribution in [0.1, 0.15) is 85.5 Å². The van der Waals surface area contributed by atoms with Crippen LogP contribution in [-0.4, -0.2) is 46.3 Å². The van der Waals surface area contributed by atoms with E-state index < -0.39 is 41.5 Å². The molecule has 0 aromatic heterocycles. The van der Waals surface area contributed by atoms with Crippen LogP contribution in [0.3, 0.4) is 0 Å². The van der Waals surface area contributed by atoms with Gasteiger partial charge >= 0.3 is 23.9 Å². The predicted octanol–water partition coefficient (Wildman–Crippen LogP) is 3.56. The lowest BCUT2D eigenvalue weighted by atomic mass is 9.73. The Kier molecular flexibility index (Phi) is 12.1. The van der Waals surface area contributed by atoms with Gasteiger partial charge in [-0.05, 0) is 26.7 Å². The van der Waals surface area contributed by atoms with Crippen molar-refractivity contribution in [3.63, 3.8) is 0 Å². The van der Waals surface area contributed by atoms with E-state index in [1.54, 1.807) is 0 Å². The molecule has 0 saturated carbocycles. The van der Waals surface area contributed by atoms with Crippen LogP contribution >= 0.6 is 0 Å². The van der Waals surface area contributed by atoms with E-state index >= 15 is 0 Å². The summed E-state index contributed by atoms with van der Waals surface area (Å²) < 4.78 is 10.3. The van der Waals surface area contributed by atoms with Gasteiger partial charge in [0.05, 0.1) is 0 Å². The Labute approximate surface area is 166 Å². The lowest BCUT2D eigenvalue weighted by Crippen LogP contribution is -2.52. The van der Waals surface area contributed by atoms with Crippen molar-refractivity contribution >= 4 is 23.9 Å². The normalized spacial score (nSPS) is 15.1. The lowest BCUT2D eigenvalue weighted by molar-refractivity contribution is -0.185. The van der Waals surface area contributed by atoms with Crippen molar-refractivity contribution in [3.8, 4) is 0 Å². The number of hydrogen-bond acceptors (Lipinski definition) is 6. The van der Waals surface area contributed by atoms with Gasteiger partial charge in [0.15, 0.2) is 0 Å². The summed E-state index contributed by atoms with van der Waals surface area (Å²) in [6.45, 7) is 5.45. The van der Waals surface area contributed by atoms with Gasteiger partial charge in [-0.25, -0.2) is 0 Å². The third-order valence-corrected chi connectivity index (χ3v) is 5.02. The fraction of sp³-hybridized carbons (Fsp3) is 0.800. The Morgan fingerprint density at radius 1 is 0.750 bits per heavy atom. The Balaban J connectivity index is 4.76. The molecule has 0 aliphatic rings. The minimum Gasteiger partial charge on any atom is -0.481 e. The molecule has 0 saturated heterocycles. The molecular weight excluding hydrogens is 368 g/mol. The molecule has 0 radical (unpaired) electrons. The maximum Gasteiger partial charge on any atom is 0.317 e. The molecule has 8 nitrogen and oxygen atoms in total. The zero-order valence-electron chi connectivity index (χ0n) is 17.4. The Morgan fingerprint density at radius 3 is 1.50 bits per heavy atom. The molecule has 2 unspecified atom stereocenters. The molecule has 0 amide bonds. The highest BCUT2D eigenvalue weighted by atomic mass is 16.6. The van der Waals surface area contributed by atoms with Gasteiger partial charge in [0.2, 0.25) is 0 Å². The standard InChI is InChI=1S/C20H34O8/c1-14(27-16(3)21)20(19(25)26,15(2)28-17(4)22)13-11-9-7-5-6-8-10-12-18(23)24/h14-15H,5-13H2,1-4H3,(H,23,24)(H,25,26). The van der Waals surface area contributed by atoms with Crippen LogP contribution in [0.5, 0.6) is 0 Å². The fourth-order valence-corrected chi connectivity index (χ4v) is 3.48. The van der Waals surface area contributed by atoms with E-state index in [4.69, 9.17) is 14.6 Å². The van der Waals surface area contributed by atoms with E-state index in [-0.39, 0.29) is 12.8 Å². The summed E-state index contributed by atoms with van der Waals surface area (Å²) in [4.78, 5) is 45.3. The summed E-state index contributed by atoms with van der Waals surface area (Å²) in [5.41, 5.74) is -1.52.